The van der Waals surface area contributed by atoms with E-state index < -0.39 is 17.9 Å². The molecule has 1 atom stereocenters. The molecule has 0 saturated carbocycles. The van der Waals surface area contributed by atoms with Gasteiger partial charge in [0.15, 0.2) is 0 Å². The van der Waals surface area contributed by atoms with E-state index in [2.05, 4.69) is 5.32 Å². The van der Waals surface area contributed by atoms with E-state index in [1.807, 2.05) is 6.92 Å². The van der Waals surface area contributed by atoms with Gasteiger partial charge in [0.25, 0.3) is 11.8 Å². The van der Waals surface area contributed by atoms with Gasteiger partial charge in [-0.05, 0) is 50.6 Å². The van der Waals surface area contributed by atoms with Crippen molar-refractivity contribution >= 4 is 11.8 Å². The molecule has 1 rings (SSSR count). The standard InChI is InChI=1S/C14H21N3O4/c1-2-21-11-7-5-10(6-8-11)13(18)16-12(4-3-9-15)14(19)17-20/h5-8,12,20H,2-4,9,15H2,1H3,(H,16,18)(H,17,19)/t12-/m0/s1. The Morgan fingerprint density at radius 1 is 1.33 bits per heavy atom. The number of hydrogen-bond acceptors (Lipinski definition) is 5. The van der Waals surface area contributed by atoms with Crippen molar-refractivity contribution in [1.82, 2.24) is 10.8 Å². The maximum absolute atomic E-state index is 12.1. The van der Waals surface area contributed by atoms with Crippen LogP contribution in [0.25, 0.3) is 0 Å². The molecule has 0 fully saturated rings. The number of nitrogens with two attached hydrogens (primary N) is 1. The maximum atomic E-state index is 12.1. The summed E-state index contributed by atoms with van der Waals surface area (Å²) in [5, 5.41) is 11.2. The van der Waals surface area contributed by atoms with Gasteiger partial charge in [-0.3, -0.25) is 14.8 Å². The van der Waals surface area contributed by atoms with Crippen LogP contribution in [-0.2, 0) is 4.79 Å². The van der Waals surface area contributed by atoms with Crippen molar-refractivity contribution in [1.29, 1.82) is 0 Å². The van der Waals surface area contributed by atoms with Gasteiger partial charge < -0.3 is 15.8 Å². The highest BCUT2D eigenvalue weighted by atomic mass is 16.5. The largest absolute Gasteiger partial charge is 0.494 e. The van der Waals surface area contributed by atoms with Crippen LogP contribution in [0.2, 0.25) is 0 Å². The van der Waals surface area contributed by atoms with Crippen LogP contribution in [0, 0.1) is 0 Å². The van der Waals surface area contributed by atoms with Gasteiger partial charge in [0.1, 0.15) is 11.8 Å². The van der Waals surface area contributed by atoms with Crippen LogP contribution in [0.3, 0.4) is 0 Å². The van der Waals surface area contributed by atoms with E-state index in [9.17, 15) is 9.59 Å². The number of benzene rings is 1. The summed E-state index contributed by atoms with van der Waals surface area (Å²) in [5.74, 6) is -0.395. The molecule has 0 aromatic heterocycles. The van der Waals surface area contributed by atoms with Crippen molar-refractivity contribution in [3.8, 4) is 5.75 Å². The van der Waals surface area contributed by atoms with Gasteiger partial charge in [0.05, 0.1) is 6.61 Å². The first-order valence-electron chi connectivity index (χ1n) is 6.80. The molecule has 0 unspecified atom stereocenters. The normalized spacial score (nSPS) is 11.6. The van der Waals surface area contributed by atoms with Gasteiger partial charge in [0, 0.05) is 5.56 Å². The van der Waals surface area contributed by atoms with E-state index in [0.717, 1.165) is 0 Å². The van der Waals surface area contributed by atoms with Crippen molar-refractivity contribution in [3.05, 3.63) is 29.8 Å². The molecular formula is C14H21N3O4. The first-order valence-corrected chi connectivity index (χ1v) is 6.80. The topological polar surface area (TPSA) is 114 Å². The van der Waals surface area contributed by atoms with Gasteiger partial charge in [-0.2, -0.15) is 0 Å². The number of carbonyl (C=O) groups is 2. The lowest BCUT2D eigenvalue weighted by Gasteiger charge is -2.16. The molecule has 116 valence electrons. The quantitative estimate of drug-likeness (QED) is 0.410. The summed E-state index contributed by atoms with van der Waals surface area (Å²) in [6.07, 6.45) is 0.910. The summed E-state index contributed by atoms with van der Waals surface area (Å²) < 4.78 is 5.29. The van der Waals surface area contributed by atoms with Gasteiger partial charge in [-0.25, -0.2) is 5.48 Å². The fourth-order valence-electron chi connectivity index (χ4n) is 1.78. The lowest BCUT2D eigenvalue weighted by Crippen LogP contribution is -2.46. The zero-order valence-corrected chi connectivity index (χ0v) is 12.0. The van der Waals surface area contributed by atoms with Gasteiger partial charge in [-0.15, -0.1) is 0 Å². The highest BCUT2D eigenvalue weighted by Gasteiger charge is 2.20. The number of hydroxylamine groups is 1. The average Bonchev–Trinajstić information content (AvgIpc) is 2.51. The molecule has 0 spiro atoms. The minimum atomic E-state index is -0.822. The maximum Gasteiger partial charge on any atom is 0.265 e. The number of carbonyl (C=O) groups excluding carboxylic acids is 2. The summed E-state index contributed by atoms with van der Waals surface area (Å²) >= 11 is 0. The van der Waals surface area contributed by atoms with E-state index in [0.29, 0.717) is 37.3 Å². The van der Waals surface area contributed by atoms with E-state index in [-0.39, 0.29) is 0 Å². The van der Waals surface area contributed by atoms with E-state index in [1.165, 1.54) is 0 Å². The fourth-order valence-corrected chi connectivity index (χ4v) is 1.78. The minimum absolute atomic E-state index is 0.353. The number of rotatable bonds is 8. The Morgan fingerprint density at radius 2 is 2.00 bits per heavy atom. The van der Waals surface area contributed by atoms with Crippen molar-refractivity contribution in [2.24, 2.45) is 5.73 Å². The lowest BCUT2D eigenvalue weighted by atomic mass is 10.1. The Morgan fingerprint density at radius 3 is 2.52 bits per heavy atom. The monoisotopic (exact) mass is 295 g/mol. The summed E-state index contributed by atoms with van der Waals surface area (Å²) in [4.78, 5) is 23.6. The highest BCUT2D eigenvalue weighted by Crippen LogP contribution is 2.12. The zero-order valence-electron chi connectivity index (χ0n) is 12.0. The summed E-state index contributed by atoms with van der Waals surface area (Å²) in [6, 6.07) is 5.75. The number of hydrogen-bond donors (Lipinski definition) is 4. The molecule has 0 aliphatic carbocycles. The molecule has 0 bridgehead atoms. The average molecular weight is 295 g/mol. The first-order chi connectivity index (χ1) is 10.1. The second-order valence-corrected chi connectivity index (χ2v) is 4.39. The van der Waals surface area contributed by atoms with E-state index >= 15 is 0 Å². The molecule has 0 aliphatic rings. The SMILES string of the molecule is CCOc1ccc(C(=O)N[C@@H](CCCN)C(=O)NO)cc1. The predicted octanol–water partition coefficient (Wildman–Crippen LogP) is 0.428. The van der Waals surface area contributed by atoms with Crippen LogP contribution in [0.15, 0.2) is 24.3 Å². The third-order valence-electron chi connectivity index (χ3n) is 2.86. The van der Waals surface area contributed by atoms with Gasteiger partial charge >= 0.3 is 0 Å². The van der Waals surface area contributed by atoms with Crippen molar-refractivity contribution in [2.45, 2.75) is 25.8 Å². The Hall–Kier alpha value is -2.12. The van der Waals surface area contributed by atoms with Gasteiger partial charge in [0.2, 0.25) is 0 Å². The molecule has 7 nitrogen and oxygen atoms in total. The second kappa shape index (κ2) is 8.93. The number of nitrogens with one attached hydrogen (secondary N) is 2. The Bertz CT molecular complexity index is 462. The van der Waals surface area contributed by atoms with Crippen molar-refractivity contribution in [2.75, 3.05) is 13.2 Å². The fraction of sp³-hybridized carbons (Fsp3) is 0.429. The van der Waals surface area contributed by atoms with Crippen LogP contribution in [0.5, 0.6) is 5.75 Å². The molecule has 0 saturated heterocycles. The Balaban J connectivity index is 2.69. The van der Waals surface area contributed by atoms with Crippen LogP contribution in [-0.4, -0.2) is 36.2 Å². The molecular weight excluding hydrogens is 274 g/mol. The number of ether oxygens (including phenoxy) is 1. The van der Waals surface area contributed by atoms with E-state index in [1.54, 1.807) is 29.7 Å². The van der Waals surface area contributed by atoms with Crippen LogP contribution in [0.1, 0.15) is 30.1 Å². The molecule has 2 amide bonds. The summed E-state index contributed by atoms with van der Waals surface area (Å²) in [5.41, 5.74) is 7.33. The molecule has 21 heavy (non-hydrogen) atoms. The van der Waals surface area contributed by atoms with Crippen LogP contribution < -0.4 is 21.3 Å². The second-order valence-electron chi connectivity index (χ2n) is 4.39. The third kappa shape index (κ3) is 5.41. The number of amides is 2. The first kappa shape index (κ1) is 16.9. The third-order valence-corrected chi connectivity index (χ3v) is 2.86. The molecule has 5 N–H and O–H groups in total. The molecule has 1 aromatic rings. The predicted molar refractivity (Wildman–Crippen MR) is 77.1 cm³/mol. The highest BCUT2D eigenvalue weighted by molar-refractivity contribution is 5.97. The molecule has 0 heterocycles. The van der Waals surface area contributed by atoms with Gasteiger partial charge in [-0.1, -0.05) is 0 Å². The molecule has 0 radical (unpaired) electrons. The summed E-state index contributed by atoms with van der Waals surface area (Å²) in [7, 11) is 0. The minimum Gasteiger partial charge on any atom is -0.494 e. The molecule has 7 heteroatoms. The van der Waals surface area contributed by atoms with Crippen molar-refractivity contribution < 1.29 is 19.5 Å². The van der Waals surface area contributed by atoms with Crippen molar-refractivity contribution in [3.63, 3.8) is 0 Å². The molecule has 1 aromatic carbocycles. The van der Waals surface area contributed by atoms with Crippen LogP contribution in [0.4, 0.5) is 0 Å². The smallest absolute Gasteiger partial charge is 0.265 e. The Labute approximate surface area is 123 Å². The summed E-state index contributed by atoms with van der Waals surface area (Å²) in [6.45, 7) is 2.81. The lowest BCUT2D eigenvalue weighted by molar-refractivity contribution is -0.131. The van der Waals surface area contributed by atoms with Crippen LogP contribution >= 0.6 is 0 Å². The zero-order chi connectivity index (χ0) is 15.7. The van der Waals surface area contributed by atoms with E-state index in [4.69, 9.17) is 15.7 Å². The molecule has 0 aliphatic heterocycles. The Kier molecular flexibility index (Phi) is 7.20.